The Hall–Kier alpha value is -1.40. The first-order chi connectivity index (χ1) is 11.5. The summed E-state index contributed by atoms with van der Waals surface area (Å²) in [4.78, 5) is 13.2. The van der Waals surface area contributed by atoms with Crippen LogP contribution in [0.2, 0.25) is 0 Å². The summed E-state index contributed by atoms with van der Waals surface area (Å²) < 4.78 is 11.0. The number of methoxy groups -OCH3 is 1. The van der Waals surface area contributed by atoms with Gasteiger partial charge in [-0.2, -0.15) is 18.8 Å². The molecule has 0 spiro atoms. The molecular weight excluding hydrogens is 393 g/mol. The Balaban J connectivity index is 0.00000312. The average Bonchev–Trinajstić information content (AvgIpc) is 2.58. The number of aryl methyl sites for hydroxylation is 1. The SMILES string of the molecule is CCC(COc1ccc(OC)cc1)Nc1nc(C)nc([C-](C)C)n1.[Y]. The van der Waals surface area contributed by atoms with Crippen molar-refractivity contribution in [3.63, 3.8) is 0 Å². The van der Waals surface area contributed by atoms with Gasteiger partial charge in [0.1, 0.15) is 23.9 Å². The second kappa shape index (κ2) is 10.6. The first-order valence-corrected chi connectivity index (χ1v) is 8.08. The number of nitrogens with one attached hydrogen (secondary N) is 1. The molecule has 0 aliphatic carbocycles. The number of hydrogen-bond acceptors (Lipinski definition) is 6. The monoisotopic (exact) mass is 418 g/mol. The Labute approximate surface area is 175 Å². The quantitative estimate of drug-likeness (QED) is 0.663. The molecule has 1 radical (unpaired) electrons. The first-order valence-electron chi connectivity index (χ1n) is 8.08. The van der Waals surface area contributed by atoms with E-state index in [1.54, 1.807) is 7.11 Å². The third-order valence-electron chi connectivity index (χ3n) is 3.53. The average molecular weight is 418 g/mol. The molecule has 1 N–H and O–H groups in total. The number of hydrogen-bond donors (Lipinski definition) is 1. The van der Waals surface area contributed by atoms with Gasteiger partial charge in [0, 0.05) is 38.5 Å². The van der Waals surface area contributed by atoms with Crippen LogP contribution in [0, 0.1) is 12.8 Å². The molecule has 0 bridgehead atoms. The summed E-state index contributed by atoms with van der Waals surface area (Å²) in [5, 5.41) is 3.33. The Morgan fingerprint density at radius 2 is 1.72 bits per heavy atom. The summed E-state index contributed by atoms with van der Waals surface area (Å²) in [5.41, 5.74) is 0. The Bertz CT molecular complexity index is 650. The summed E-state index contributed by atoms with van der Waals surface area (Å²) in [5.74, 6) is 4.69. The van der Waals surface area contributed by atoms with Gasteiger partial charge < -0.3 is 20.7 Å². The number of nitrogens with zero attached hydrogens (tertiary/aromatic N) is 3. The summed E-state index contributed by atoms with van der Waals surface area (Å²) in [6.07, 6.45) is 0.894. The molecule has 0 aliphatic heterocycles. The van der Waals surface area contributed by atoms with Gasteiger partial charge in [-0.05, 0) is 37.6 Å². The zero-order valence-electron chi connectivity index (χ0n) is 15.5. The van der Waals surface area contributed by atoms with E-state index in [0.717, 1.165) is 29.7 Å². The van der Waals surface area contributed by atoms with Crippen LogP contribution in [-0.4, -0.2) is 34.7 Å². The summed E-state index contributed by atoms with van der Waals surface area (Å²) in [7, 11) is 1.65. The minimum Gasteiger partial charge on any atom is -0.497 e. The molecule has 1 heterocycles. The number of ether oxygens (including phenoxy) is 2. The van der Waals surface area contributed by atoms with E-state index >= 15 is 0 Å². The van der Waals surface area contributed by atoms with E-state index in [9.17, 15) is 0 Å². The van der Waals surface area contributed by atoms with Gasteiger partial charge in [-0.1, -0.05) is 6.92 Å². The van der Waals surface area contributed by atoms with Crippen molar-refractivity contribution in [3.05, 3.63) is 41.8 Å². The number of benzene rings is 1. The van der Waals surface area contributed by atoms with Crippen molar-refractivity contribution in [2.24, 2.45) is 0 Å². The van der Waals surface area contributed by atoms with Crippen molar-refractivity contribution >= 4 is 5.95 Å². The fourth-order valence-electron chi connectivity index (χ4n) is 2.08. The molecule has 0 amide bonds. The second-order valence-electron chi connectivity index (χ2n) is 5.77. The molecule has 1 aromatic carbocycles. The van der Waals surface area contributed by atoms with Gasteiger partial charge in [-0.25, -0.2) is 4.98 Å². The Morgan fingerprint density at radius 1 is 1.08 bits per heavy atom. The van der Waals surface area contributed by atoms with Crippen molar-refractivity contribution in [1.82, 2.24) is 15.0 Å². The molecule has 0 saturated heterocycles. The molecule has 6 nitrogen and oxygen atoms in total. The molecule has 0 saturated carbocycles. The number of anilines is 1. The fourth-order valence-corrected chi connectivity index (χ4v) is 2.08. The van der Waals surface area contributed by atoms with E-state index in [2.05, 4.69) is 27.2 Å². The molecule has 133 valence electrons. The van der Waals surface area contributed by atoms with Gasteiger partial charge in [0.2, 0.25) is 5.95 Å². The third kappa shape index (κ3) is 6.79. The van der Waals surface area contributed by atoms with Crippen molar-refractivity contribution in [3.8, 4) is 11.5 Å². The number of rotatable bonds is 8. The second-order valence-corrected chi connectivity index (χ2v) is 5.77. The van der Waals surface area contributed by atoms with Crippen LogP contribution in [0.25, 0.3) is 0 Å². The van der Waals surface area contributed by atoms with Gasteiger partial charge in [-0.15, -0.1) is 0 Å². The molecule has 1 aromatic heterocycles. The molecule has 2 aromatic rings. The van der Waals surface area contributed by atoms with E-state index in [1.807, 2.05) is 45.0 Å². The summed E-state index contributed by atoms with van der Waals surface area (Å²) >= 11 is 0. The van der Waals surface area contributed by atoms with Crippen molar-refractivity contribution in [2.45, 2.75) is 40.2 Å². The van der Waals surface area contributed by atoms with Crippen LogP contribution in [-0.2, 0) is 32.7 Å². The summed E-state index contributed by atoms with van der Waals surface area (Å²) in [6, 6.07) is 7.66. The van der Waals surface area contributed by atoms with Gasteiger partial charge in [-0.3, -0.25) is 4.98 Å². The third-order valence-corrected chi connectivity index (χ3v) is 3.53. The predicted molar refractivity (Wildman–Crippen MR) is 94.4 cm³/mol. The van der Waals surface area contributed by atoms with Crippen molar-refractivity contribution in [2.75, 3.05) is 19.0 Å². The van der Waals surface area contributed by atoms with Crippen LogP contribution in [0.15, 0.2) is 24.3 Å². The molecule has 7 heteroatoms. The minimum absolute atomic E-state index is 0. The van der Waals surface area contributed by atoms with E-state index in [-0.39, 0.29) is 38.8 Å². The van der Waals surface area contributed by atoms with Crippen LogP contribution in [0.5, 0.6) is 11.5 Å². The smallest absolute Gasteiger partial charge is 0.223 e. The molecule has 0 aliphatic rings. The van der Waals surface area contributed by atoms with Crippen LogP contribution in [0.3, 0.4) is 0 Å². The van der Waals surface area contributed by atoms with Crippen LogP contribution in [0.1, 0.15) is 38.8 Å². The maximum Gasteiger partial charge on any atom is 0.223 e. The zero-order chi connectivity index (χ0) is 17.5. The van der Waals surface area contributed by atoms with Gasteiger partial charge >= 0.3 is 0 Å². The molecule has 1 atom stereocenters. The first kappa shape index (κ1) is 21.6. The molecule has 0 fully saturated rings. The molecule has 1 unspecified atom stereocenters. The maximum absolute atomic E-state index is 5.84. The van der Waals surface area contributed by atoms with Gasteiger partial charge in [0.15, 0.2) is 0 Å². The fraction of sp³-hybridized carbons (Fsp3) is 0.444. The topological polar surface area (TPSA) is 69.2 Å². The Kier molecular flexibility index (Phi) is 9.15. The standard InChI is InChI=1S/C18H25N4O2.Y/c1-6-14(11-24-16-9-7-15(23-5)8-10-16)21-18-20-13(4)19-17(22-18)12(2)3;/h7-10,14H,6,11H2,1-5H3,(H,19,20,21,22);/q-1;. The largest absolute Gasteiger partial charge is 0.497 e. The summed E-state index contributed by atoms with van der Waals surface area (Å²) in [6.45, 7) is 8.47. The van der Waals surface area contributed by atoms with Crippen molar-refractivity contribution < 1.29 is 42.2 Å². The van der Waals surface area contributed by atoms with Crippen LogP contribution in [0.4, 0.5) is 5.95 Å². The van der Waals surface area contributed by atoms with E-state index < -0.39 is 0 Å². The van der Waals surface area contributed by atoms with Gasteiger partial charge in [0.05, 0.1) is 13.2 Å². The van der Waals surface area contributed by atoms with Gasteiger partial charge in [0.25, 0.3) is 0 Å². The van der Waals surface area contributed by atoms with E-state index in [0.29, 0.717) is 18.4 Å². The molecule has 2 rings (SSSR count). The van der Waals surface area contributed by atoms with Crippen LogP contribution < -0.4 is 14.8 Å². The zero-order valence-corrected chi connectivity index (χ0v) is 18.4. The van der Waals surface area contributed by atoms with Crippen LogP contribution >= 0.6 is 0 Å². The normalized spacial score (nSPS) is 11.2. The Morgan fingerprint density at radius 3 is 2.28 bits per heavy atom. The molecule has 25 heavy (non-hydrogen) atoms. The maximum atomic E-state index is 5.84. The van der Waals surface area contributed by atoms with Crippen molar-refractivity contribution in [1.29, 1.82) is 0 Å². The van der Waals surface area contributed by atoms with E-state index in [4.69, 9.17) is 9.47 Å². The number of aromatic nitrogens is 3. The minimum atomic E-state index is 0. The predicted octanol–water partition coefficient (Wildman–Crippen LogP) is 3.42. The molecular formula is C18H25N4O2Y-. The van der Waals surface area contributed by atoms with E-state index in [1.165, 1.54) is 0 Å².